The standard InChI is InChI=1S/C13H12Cl2N4O2/c1-7-8(6-17-18-13(20)16-2)12(19-21-7)11-9(14)4-3-5-10(11)15/h3-6H,1-2H3,(H2,16,18,20)/b17-6+. The summed E-state index contributed by atoms with van der Waals surface area (Å²) >= 11 is 12.3. The van der Waals surface area contributed by atoms with Gasteiger partial charge in [-0.05, 0) is 19.1 Å². The normalized spacial score (nSPS) is 10.9. The van der Waals surface area contributed by atoms with Crippen LogP contribution in [0.3, 0.4) is 0 Å². The summed E-state index contributed by atoms with van der Waals surface area (Å²) in [6.45, 7) is 1.72. The molecule has 1 aromatic heterocycles. The van der Waals surface area contributed by atoms with Crippen LogP contribution in [-0.2, 0) is 0 Å². The van der Waals surface area contributed by atoms with Crippen LogP contribution in [0.1, 0.15) is 11.3 Å². The highest BCUT2D eigenvalue weighted by atomic mass is 35.5. The predicted octanol–water partition coefficient (Wildman–Crippen LogP) is 3.22. The van der Waals surface area contributed by atoms with Gasteiger partial charge in [0.05, 0.1) is 21.8 Å². The maximum atomic E-state index is 11.1. The van der Waals surface area contributed by atoms with E-state index < -0.39 is 6.03 Å². The lowest BCUT2D eigenvalue weighted by Gasteiger charge is -2.04. The SMILES string of the molecule is CNC(=O)N/N=C/c1c(-c2c(Cl)cccc2Cl)noc1C. The Hall–Kier alpha value is -2.05. The number of nitrogens with one attached hydrogen (secondary N) is 2. The van der Waals surface area contributed by atoms with E-state index in [0.717, 1.165) is 0 Å². The second kappa shape index (κ2) is 6.60. The molecule has 110 valence electrons. The zero-order valence-corrected chi connectivity index (χ0v) is 12.8. The summed E-state index contributed by atoms with van der Waals surface area (Å²) in [7, 11) is 1.49. The van der Waals surface area contributed by atoms with Gasteiger partial charge in [-0.3, -0.25) is 0 Å². The number of rotatable bonds is 3. The third-order valence-corrected chi connectivity index (χ3v) is 3.32. The molecule has 21 heavy (non-hydrogen) atoms. The van der Waals surface area contributed by atoms with E-state index in [-0.39, 0.29) is 0 Å². The van der Waals surface area contributed by atoms with Gasteiger partial charge in [-0.1, -0.05) is 34.4 Å². The Kier molecular flexibility index (Phi) is 4.82. The molecule has 0 aliphatic heterocycles. The van der Waals surface area contributed by atoms with Gasteiger partial charge in [0.1, 0.15) is 11.5 Å². The van der Waals surface area contributed by atoms with Crippen molar-refractivity contribution in [3.63, 3.8) is 0 Å². The van der Waals surface area contributed by atoms with Crippen LogP contribution < -0.4 is 10.7 Å². The zero-order chi connectivity index (χ0) is 15.4. The molecule has 6 nitrogen and oxygen atoms in total. The maximum Gasteiger partial charge on any atom is 0.334 e. The average molecular weight is 327 g/mol. The fraction of sp³-hybridized carbons (Fsp3) is 0.154. The molecular weight excluding hydrogens is 315 g/mol. The van der Waals surface area contributed by atoms with Crippen molar-refractivity contribution in [2.24, 2.45) is 5.10 Å². The summed E-state index contributed by atoms with van der Waals surface area (Å²) in [5.74, 6) is 0.531. The van der Waals surface area contributed by atoms with Gasteiger partial charge < -0.3 is 9.84 Å². The molecule has 0 saturated heterocycles. The van der Waals surface area contributed by atoms with E-state index in [2.05, 4.69) is 21.0 Å². The summed E-state index contributed by atoms with van der Waals surface area (Å²) in [5, 5.41) is 11.1. The first-order chi connectivity index (χ1) is 10.0. The van der Waals surface area contributed by atoms with Gasteiger partial charge in [-0.15, -0.1) is 0 Å². The third kappa shape index (κ3) is 3.34. The Labute approximate surface area is 131 Å². The first-order valence-electron chi connectivity index (χ1n) is 5.96. The van der Waals surface area contributed by atoms with Crippen LogP contribution in [0.2, 0.25) is 10.0 Å². The number of amides is 2. The largest absolute Gasteiger partial charge is 0.360 e. The minimum atomic E-state index is -0.433. The second-order valence-corrected chi connectivity index (χ2v) is 4.86. The highest BCUT2D eigenvalue weighted by Gasteiger charge is 2.18. The number of halogens is 2. The molecule has 1 heterocycles. The van der Waals surface area contributed by atoms with Crippen LogP contribution in [0.25, 0.3) is 11.3 Å². The quantitative estimate of drug-likeness (QED) is 0.671. The molecule has 0 aliphatic carbocycles. The molecule has 0 radical (unpaired) electrons. The molecule has 1 aromatic carbocycles. The van der Waals surface area contributed by atoms with E-state index in [1.54, 1.807) is 25.1 Å². The monoisotopic (exact) mass is 326 g/mol. The van der Waals surface area contributed by atoms with Crippen molar-refractivity contribution in [3.05, 3.63) is 39.6 Å². The van der Waals surface area contributed by atoms with Crippen molar-refractivity contribution >= 4 is 35.4 Å². The number of carbonyl (C=O) groups is 1. The fourth-order valence-electron chi connectivity index (χ4n) is 1.65. The molecule has 0 spiro atoms. The number of aryl methyl sites for hydroxylation is 1. The van der Waals surface area contributed by atoms with Crippen molar-refractivity contribution in [2.75, 3.05) is 7.05 Å². The van der Waals surface area contributed by atoms with E-state index in [1.807, 2.05) is 0 Å². The number of urea groups is 1. The summed E-state index contributed by atoms with van der Waals surface area (Å²) in [5.41, 5.74) is 3.89. The molecule has 0 fully saturated rings. The van der Waals surface area contributed by atoms with Crippen molar-refractivity contribution in [2.45, 2.75) is 6.92 Å². The molecule has 2 rings (SSSR count). The summed E-state index contributed by atoms with van der Waals surface area (Å²) < 4.78 is 5.16. The van der Waals surface area contributed by atoms with E-state index in [1.165, 1.54) is 13.3 Å². The van der Waals surface area contributed by atoms with E-state index in [4.69, 9.17) is 27.7 Å². The molecule has 2 amide bonds. The number of aromatic nitrogens is 1. The minimum absolute atomic E-state index is 0.433. The molecule has 0 saturated carbocycles. The van der Waals surface area contributed by atoms with Crippen molar-refractivity contribution in [3.8, 4) is 11.3 Å². The molecule has 0 bridgehead atoms. The van der Waals surface area contributed by atoms with E-state index in [0.29, 0.717) is 32.6 Å². The van der Waals surface area contributed by atoms with E-state index >= 15 is 0 Å². The number of nitrogens with zero attached hydrogens (tertiary/aromatic N) is 2. The number of hydrazone groups is 1. The lowest BCUT2D eigenvalue weighted by atomic mass is 10.1. The molecule has 2 N–H and O–H groups in total. The second-order valence-electron chi connectivity index (χ2n) is 4.05. The van der Waals surface area contributed by atoms with Gasteiger partial charge in [-0.25, -0.2) is 10.2 Å². The van der Waals surface area contributed by atoms with Crippen LogP contribution >= 0.6 is 23.2 Å². The summed E-state index contributed by atoms with van der Waals surface area (Å²) in [6.07, 6.45) is 1.43. The Morgan fingerprint density at radius 2 is 2.05 bits per heavy atom. The van der Waals surface area contributed by atoms with Crippen LogP contribution in [0.4, 0.5) is 4.79 Å². The third-order valence-electron chi connectivity index (χ3n) is 2.69. The predicted molar refractivity (Wildman–Crippen MR) is 81.9 cm³/mol. The average Bonchev–Trinajstić information content (AvgIpc) is 2.80. The van der Waals surface area contributed by atoms with Gasteiger partial charge in [0.25, 0.3) is 0 Å². The topological polar surface area (TPSA) is 79.5 Å². The van der Waals surface area contributed by atoms with Crippen molar-refractivity contribution < 1.29 is 9.32 Å². The van der Waals surface area contributed by atoms with Crippen molar-refractivity contribution in [1.29, 1.82) is 0 Å². The van der Waals surface area contributed by atoms with Gasteiger partial charge in [0.2, 0.25) is 0 Å². The van der Waals surface area contributed by atoms with Crippen LogP contribution in [0, 0.1) is 6.92 Å². The maximum absolute atomic E-state index is 11.1. The minimum Gasteiger partial charge on any atom is -0.360 e. The zero-order valence-electron chi connectivity index (χ0n) is 11.3. The van der Waals surface area contributed by atoms with Gasteiger partial charge >= 0.3 is 6.03 Å². The Morgan fingerprint density at radius 3 is 2.67 bits per heavy atom. The lowest BCUT2D eigenvalue weighted by Crippen LogP contribution is -2.28. The smallest absolute Gasteiger partial charge is 0.334 e. The van der Waals surface area contributed by atoms with Crippen LogP contribution in [0.5, 0.6) is 0 Å². The first kappa shape index (κ1) is 15.3. The number of hydrogen-bond donors (Lipinski definition) is 2. The molecule has 0 aliphatic rings. The highest BCUT2D eigenvalue weighted by Crippen LogP contribution is 2.36. The number of benzene rings is 1. The Balaban J connectivity index is 2.41. The van der Waals surface area contributed by atoms with Crippen LogP contribution in [-0.4, -0.2) is 24.5 Å². The fourth-order valence-corrected chi connectivity index (χ4v) is 2.22. The summed E-state index contributed by atoms with van der Waals surface area (Å²) in [6, 6.07) is 4.72. The molecule has 0 atom stereocenters. The first-order valence-corrected chi connectivity index (χ1v) is 6.71. The highest BCUT2D eigenvalue weighted by molar-refractivity contribution is 6.39. The van der Waals surface area contributed by atoms with Gasteiger partial charge in [0.15, 0.2) is 0 Å². The Morgan fingerprint density at radius 1 is 1.38 bits per heavy atom. The molecular formula is C13H12Cl2N4O2. The van der Waals surface area contributed by atoms with E-state index in [9.17, 15) is 4.79 Å². The Bertz CT molecular complexity index is 677. The number of carbonyl (C=O) groups excluding carboxylic acids is 1. The van der Waals surface area contributed by atoms with Crippen molar-refractivity contribution in [1.82, 2.24) is 15.9 Å². The molecule has 2 aromatic rings. The van der Waals surface area contributed by atoms with Gasteiger partial charge in [0, 0.05) is 12.6 Å². The summed E-state index contributed by atoms with van der Waals surface area (Å²) in [4.78, 5) is 11.1. The van der Waals surface area contributed by atoms with Crippen LogP contribution in [0.15, 0.2) is 27.8 Å². The molecule has 8 heteroatoms. The molecule has 0 unspecified atom stereocenters. The number of hydrogen-bond acceptors (Lipinski definition) is 4. The lowest BCUT2D eigenvalue weighted by molar-refractivity contribution is 0.243. The van der Waals surface area contributed by atoms with Gasteiger partial charge in [-0.2, -0.15) is 5.10 Å².